The van der Waals surface area contributed by atoms with E-state index in [-0.39, 0.29) is 17.2 Å². The zero-order valence-corrected chi connectivity index (χ0v) is 15.4. The first kappa shape index (κ1) is 18.9. The maximum absolute atomic E-state index is 12.4. The van der Waals surface area contributed by atoms with Crippen molar-refractivity contribution in [1.29, 1.82) is 0 Å². The van der Waals surface area contributed by atoms with Crippen LogP contribution in [0.4, 0.5) is 19.0 Å². The van der Waals surface area contributed by atoms with Gasteiger partial charge in [-0.1, -0.05) is 32.9 Å². The van der Waals surface area contributed by atoms with E-state index >= 15 is 0 Å². The smallest absolute Gasteiger partial charge is 0.406 e. The third kappa shape index (κ3) is 4.47. The maximum Gasteiger partial charge on any atom is 0.573 e. The Bertz CT molecular complexity index is 929. The van der Waals surface area contributed by atoms with Crippen molar-refractivity contribution in [3.63, 3.8) is 0 Å². The molecule has 0 aliphatic rings. The van der Waals surface area contributed by atoms with Crippen molar-refractivity contribution in [3.8, 4) is 5.75 Å². The first-order valence-electron chi connectivity index (χ1n) is 8.32. The van der Waals surface area contributed by atoms with Gasteiger partial charge >= 0.3 is 6.36 Å². The van der Waals surface area contributed by atoms with Crippen LogP contribution in [0, 0.1) is 12.3 Å². The highest BCUT2D eigenvalue weighted by atomic mass is 19.4. The fraction of sp³-hybridized carbons (Fsp3) is 0.389. The number of aromatic nitrogens is 4. The van der Waals surface area contributed by atoms with Crippen molar-refractivity contribution < 1.29 is 17.9 Å². The summed E-state index contributed by atoms with van der Waals surface area (Å²) in [6.45, 7) is 7.97. The van der Waals surface area contributed by atoms with Crippen LogP contribution in [0.15, 0.2) is 36.7 Å². The summed E-state index contributed by atoms with van der Waals surface area (Å²) < 4.78 is 42.7. The lowest BCUT2D eigenvalue weighted by molar-refractivity contribution is -0.274. The fourth-order valence-corrected chi connectivity index (χ4v) is 2.84. The number of fused-ring (bicyclic) bond motifs is 1. The van der Waals surface area contributed by atoms with Gasteiger partial charge in [0.1, 0.15) is 17.9 Å². The summed E-state index contributed by atoms with van der Waals surface area (Å²) in [7, 11) is 0. The standard InChI is InChI=1S/C18H20F3N5O/c1-11-9-14(26-16(24-11)22-10-23-26)25-15(17(2,3)4)12-5-7-13(8-6-12)27-18(19,20)21/h5-10,15,25H,1-4H3. The lowest BCUT2D eigenvalue weighted by atomic mass is 9.82. The number of hydrogen-bond donors (Lipinski definition) is 1. The molecule has 2 heterocycles. The molecule has 0 radical (unpaired) electrons. The molecule has 0 aliphatic heterocycles. The summed E-state index contributed by atoms with van der Waals surface area (Å²) in [4.78, 5) is 8.42. The van der Waals surface area contributed by atoms with Crippen LogP contribution >= 0.6 is 0 Å². The Morgan fingerprint density at radius 3 is 2.37 bits per heavy atom. The van der Waals surface area contributed by atoms with E-state index < -0.39 is 6.36 Å². The number of ether oxygens (including phenoxy) is 1. The van der Waals surface area contributed by atoms with E-state index in [1.165, 1.54) is 18.5 Å². The quantitative estimate of drug-likeness (QED) is 0.722. The average Bonchev–Trinajstić information content (AvgIpc) is 2.99. The predicted molar refractivity (Wildman–Crippen MR) is 94.5 cm³/mol. The number of benzene rings is 1. The van der Waals surface area contributed by atoms with E-state index in [1.807, 2.05) is 33.8 Å². The van der Waals surface area contributed by atoms with Gasteiger partial charge in [0.15, 0.2) is 0 Å². The lowest BCUT2D eigenvalue weighted by Crippen LogP contribution is -2.27. The minimum absolute atomic E-state index is 0.202. The monoisotopic (exact) mass is 379 g/mol. The first-order chi connectivity index (χ1) is 12.5. The van der Waals surface area contributed by atoms with Crippen LogP contribution in [0.25, 0.3) is 5.78 Å². The molecule has 0 saturated heterocycles. The van der Waals surface area contributed by atoms with Gasteiger partial charge in [0.2, 0.25) is 0 Å². The molecule has 1 unspecified atom stereocenters. The number of nitrogens with one attached hydrogen (secondary N) is 1. The predicted octanol–water partition coefficient (Wildman–Crippen LogP) is 4.53. The topological polar surface area (TPSA) is 64.3 Å². The number of halogens is 3. The number of anilines is 1. The van der Waals surface area contributed by atoms with Crippen LogP contribution in [0.1, 0.15) is 38.1 Å². The summed E-state index contributed by atoms with van der Waals surface area (Å²) in [5.74, 6) is 0.918. The Balaban J connectivity index is 1.94. The van der Waals surface area contributed by atoms with Gasteiger partial charge in [0.25, 0.3) is 5.78 Å². The number of rotatable bonds is 4. The van der Waals surface area contributed by atoms with Gasteiger partial charge in [-0.25, -0.2) is 4.98 Å². The zero-order chi connectivity index (χ0) is 19.8. The molecule has 0 amide bonds. The Morgan fingerprint density at radius 1 is 1.11 bits per heavy atom. The van der Waals surface area contributed by atoms with Gasteiger partial charge in [0, 0.05) is 11.8 Å². The lowest BCUT2D eigenvalue weighted by Gasteiger charge is -2.33. The van der Waals surface area contributed by atoms with Crippen LogP contribution in [0.5, 0.6) is 5.75 Å². The third-order valence-corrected chi connectivity index (χ3v) is 3.99. The number of nitrogens with zero attached hydrogens (tertiary/aromatic N) is 4. The summed E-state index contributed by atoms with van der Waals surface area (Å²) in [6.07, 6.45) is -3.29. The van der Waals surface area contributed by atoms with E-state index in [0.29, 0.717) is 11.6 Å². The van der Waals surface area contributed by atoms with Crippen molar-refractivity contribution in [1.82, 2.24) is 19.6 Å². The molecule has 1 N–H and O–H groups in total. The van der Waals surface area contributed by atoms with E-state index in [0.717, 1.165) is 11.3 Å². The van der Waals surface area contributed by atoms with Crippen LogP contribution in [-0.2, 0) is 0 Å². The van der Waals surface area contributed by atoms with Crippen LogP contribution in [0.2, 0.25) is 0 Å². The summed E-state index contributed by atoms with van der Waals surface area (Å²) in [5, 5.41) is 7.61. The number of hydrogen-bond acceptors (Lipinski definition) is 5. The zero-order valence-electron chi connectivity index (χ0n) is 15.4. The number of aryl methyl sites for hydroxylation is 1. The van der Waals surface area contributed by atoms with Crippen LogP contribution in [-0.4, -0.2) is 25.9 Å². The minimum Gasteiger partial charge on any atom is -0.406 e. The molecule has 0 spiro atoms. The summed E-state index contributed by atoms with van der Waals surface area (Å²) >= 11 is 0. The highest BCUT2D eigenvalue weighted by Crippen LogP contribution is 2.37. The SMILES string of the molecule is Cc1cc(NC(c2ccc(OC(F)(F)F)cc2)C(C)(C)C)n2ncnc2n1. The van der Waals surface area contributed by atoms with Gasteiger partial charge in [-0.15, -0.1) is 13.2 Å². The molecule has 0 bridgehead atoms. The second-order valence-electron chi connectivity index (χ2n) is 7.31. The average molecular weight is 379 g/mol. The third-order valence-electron chi connectivity index (χ3n) is 3.99. The summed E-state index contributed by atoms with van der Waals surface area (Å²) in [5.41, 5.74) is 1.36. The largest absolute Gasteiger partial charge is 0.573 e. The minimum atomic E-state index is -4.71. The molecule has 1 atom stereocenters. The van der Waals surface area contributed by atoms with Gasteiger partial charge in [-0.05, 0) is 30.0 Å². The molecule has 27 heavy (non-hydrogen) atoms. The van der Waals surface area contributed by atoms with Crippen molar-refractivity contribution in [2.45, 2.75) is 40.1 Å². The highest BCUT2D eigenvalue weighted by molar-refractivity contribution is 5.47. The molecular formula is C18H20F3N5O. The Kier molecular flexibility index (Phi) is 4.71. The molecule has 9 heteroatoms. The second kappa shape index (κ2) is 6.71. The van der Waals surface area contributed by atoms with Crippen LogP contribution in [0.3, 0.4) is 0 Å². The molecule has 3 aromatic rings. The van der Waals surface area contributed by atoms with E-state index in [1.54, 1.807) is 16.6 Å². The molecular weight excluding hydrogens is 359 g/mol. The van der Waals surface area contributed by atoms with E-state index in [4.69, 9.17) is 0 Å². The number of alkyl halides is 3. The molecule has 0 saturated carbocycles. The van der Waals surface area contributed by atoms with Gasteiger partial charge < -0.3 is 10.1 Å². The van der Waals surface area contributed by atoms with E-state index in [2.05, 4.69) is 25.1 Å². The molecule has 6 nitrogen and oxygen atoms in total. The normalized spacial score (nSPS) is 13.6. The first-order valence-corrected chi connectivity index (χ1v) is 8.32. The van der Waals surface area contributed by atoms with Gasteiger partial charge in [-0.2, -0.15) is 14.6 Å². The molecule has 0 fully saturated rings. The van der Waals surface area contributed by atoms with Crippen LogP contribution < -0.4 is 10.1 Å². The molecule has 3 rings (SSSR count). The maximum atomic E-state index is 12.4. The molecule has 2 aromatic heterocycles. The van der Waals surface area contributed by atoms with E-state index in [9.17, 15) is 13.2 Å². The second-order valence-corrected chi connectivity index (χ2v) is 7.31. The van der Waals surface area contributed by atoms with Crippen molar-refractivity contribution in [2.24, 2.45) is 5.41 Å². The molecule has 144 valence electrons. The Morgan fingerprint density at radius 2 is 1.78 bits per heavy atom. The summed E-state index contributed by atoms with van der Waals surface area (Å²) in [6, 6.07) is 7.51. The Hall–Kier alpha value is -2.84. The van der Waals surface area contributed by atoms with Gasteiger partial charge in [-0.3, -0.25) is 0 Å². The van der Waals surface area contributed by atoms with Crippen molar-refractivity contribution in [3.05, 3.63) is 47.9 Å². The van der Waals surface area contributed by atoms with Gasteiger partial charge in [0.05, 0.1) is 6.04 Å². The molecule has 0 aliphatic carbocycles. The van der Waals surface area contributed by atoms with Crippen molar-refractivity contribution in [2.75, 3.05) is 5.32 Å². The highest BCUT2D eigenvalue weighted by Gasteiger charge is 2.32. The Labute approximate surface area is 154 Å². The fourth-order valence-electron chi connectivity index (χ4n) is 2.84. The molecule has 1 aromatic carbocycles. The van der Waals surface area contributed by atoms with Crippen molar-refractivity contribution >= 4 is 11.6 Å².